The summed E-state index contributed by atoms with van der Waals surface area (Å²) in [5.74, 6) is -1.21. The Morgan fingerprint density at radius 1 is 1.19 bits per heavy atom. The molecule has 0 saturated carbocycles. The van der Waals surface area contributed by atoms with Gasteiger partial charge in [-0.2, -0.15) is 0 Å². The number of aliphatic hydroxyl groups is 1. The number of ether oxygens (including phenoxy) is 1. The number of rotatable bonds is 4. The van der Waals surface area contributed by atoms with E-state index in [9.17, 15) is 13.9 Å². The fraction of sp³-hybridized carbons (Fsp3) is 0.118. The lowest BCUT2D eigenvalue weighted by atomic mass is 10.1. The summed E-state index contributed by atoms with van der Waals surface area (Å²) < 4.78 is 34.7. The van der Waals surface area contributed by atoms with Crippen LogP contribution < -0.4 is 4.74 Å². The third-order valence-electron chi connectivity index (χ3n) is 3.75. The predicted octanol–water partition coefficient (Wildman–Crippen LogP) is 5.31. The first-order chi connectivity index (χ1) is 12.3. The van der Waals surface area contributed by atoms with E-state index in [1.54, 1.807) is 12.1 Å². The molecule has 1 aromatic heterocycles. The number of aromatic nitrogens is 2. The van der Waals surface area contributed by atoms with Gasteiger partial charge in [0.25, 0.3) is 0 Å². The van der Waals surface area contributed by atoms with E-state index in [-0.39, 0.29) is 20.6 Å². The summed E-state index contributed by atoms with van der Waals surface area (Å²) in [6.07, 6.45) is -1.36. The minimum atomic E-state index is -1.36. The summed E-state index contributed by atoms with van der Waals surface area (Å²) >= 11 is 15.5. The van der Waals surface area contributed by atoms with Gasteiger partial charge in [0.1, 0.15) is 33.8 Å². The van der Waals surface area contributed by atoms with Crippen molar-refractivity contribution in [1.82, 2.24) is 9.55 Å². The quantitative estimate of drug-likeness (QED) is 0.570. The van der Waals surface area contributed by atoms with Crippen LogP contribution in [-0.4, -0.2) is 21.8 Å². The van der Waals surface area contributed by atoms with Crippen LogP contribution in [-0.2, 0) is 0 Å². The molecule has 1 N–H and O–H groups in total. The smallest absolute Gasteiger partial charge is 0.209 e. The molecule has 3 rings (SSSR count). The first-order valence-electron chi connectivity index (χ1n) is 7.24. The molecular formula is C17H11BrCl2F2N2O2. The summed E-state index contributed by atoms with van der Waals surface area (Å²) in [6.45, 7) is 0. The molecule has 0 amide bonds. The maximum atomic E-state index is 14.3. The number of para-hydroxylation sites is 1. The summed E-state index contributed by atoms with van der Waals surface area (Å²) in [6, 6.07) is 8.05. The standard InChI is InChI=1S/C17H11BrCl2F2N2O2/c1-26-8-5-6-9(10(19)7-8)15(25)14-16(18)23-17(20)24(14)13-11(21)3-2-4-12(13)22/h2-7,15,25H,1H3. The van der Waals surface area contributed by atoms with E-state index in [0.717, 1.165) is 16.7 Å². The minimum Gasteiger partial charge on any atom is -0.497 e. The van der Waals surface area contributed by atoms with Gasteiger partial charge >= 0.3 is 0 Å². The average Bonchev–Trinajstić information content (AvgIpc) is 2.88. The zero-order valence-corrected chi connectivity index (χ0v) is 16.3. The van der Waals surface area contributed by atoms with Crippen LogP contribution in [0.15, 0.2) is 41.0 Å². The van der Waals surface area contributed by atoms with E-state index in [1.165, 1.54) is 19.2 Å². The highest BCUT2D eigenvalue weighted by atomic mass is 79.9. The summed E-state index contributed by atoms with van der Waals surface area (Å²) in [5.41, 5.74) is -0.122. The summed E-state index contributed by atoms with van der Waals surface area (Å²) in [4.78, 5) is 3.96. The third kappa shape index (κ3) is 3.32. The zero-order chi connectivity index (χ0) is 19.0. The maximum Gasteiger partial charge on any atom is 0.209 e. The van der Waals surface area contributed by atoms with Gasteiger partial charge < -0.3 is 9.84 Å². The first kappa shape index (κ1) is 19.1. The lowest BCUT2D eigenvalue weighted by Gasteiger charge is -2.18. The second-order valence-corrected chi connectivity index (χ2v) is 6.75. The van der Waals surface area contributed by atoms with Crippen molar-refractivity contribution >= 4 is 39.1 Å². The van der Waals surface area contributed by atoms with Gasteiger partial charge in [0.2, 0.25) is 5.28 Å². The first-order valence-corrected chi connectivity index (χ1v) is 8.79. The Labute approximate surface area is 166 Å². The van der Waals surface area contributed by atoms with Gasteiger partial charge in [-0.1, -0.05) is 23.7 Å². The largest absolute Gasteiger partial charge is 0.497 e. The monoisotopic (exact) mass is 462 g/mol. The Bertz CT molecular complexity index is 961. The van der Waals surface area contributed by atoms with Gasteiger partial charge in [-0.05, 0) is 51.8 Å². The van der Waals surface area contributed by atoms with E-state index in [0.29, 0.717) is 11.3 Å². The maximum absolute atomic E-state index is 14.3. The highest BCUT2D eigenvalue weighted by Crippen LogP contribution is 2.38. The van der Waals surface area contributed by atoms with Crippen molar-refractivity contribution in [2.75, 3.05) is 7.11 Å². The Hall–Kier alpha value is -1.67. The molecule has 9 heteroatoms. The molecule has 0 bridgehead atoms. The molecule has 136 valence electrons. The molecule has 0 saturated heterocycles. The topological polar surface area (TPSA) is 47.3 Å². The van der Waals surface area contributed by atoms with Crippen molar-refractivity contribution in [2.24, 2.45) is 0 Å². The van der Waals surface area contributed by atoms with Crippen LogP contribution in [0.1, 0.15) is 17.4 Å². The van der Waals surface area contributed by atoms with Crippen LogP contribution in [0.5, 0.6) is 5.75 Å². The van der Waals surface area contributed by atoms with Gasteiger partial charge in [-0.3, -0.25) is 4.57 Å². The average molecular weight is 464 g/mol. The molecule has 4 nitrogen and oxygen atoms in total. The Balaban J connectivity index is 2.21. The Morgan fingerprint density at radius 2 is 1.85 bits per heavy atom. The van der Waals surface area contributed by atoms with Crippen molar-refractivity contribution < 1.29 is 18.6 Å². The molecule has 0 fully saturated rings. The zero-order valence-electron chi connectivity index (χ0n) is 13.2. The highest BCUT2D eigenvalue weighted by molar-refractivity contribution is 9.10. The second kappa shape index (κ2) is 7.52. The fourth-order valence-corrected chi connectivity index (χ4v) is 3.73. The Morgan fingerprint density at radius 3 is 2.42 bits per heavy atom. The molecule has 3 aromatic rings. The SMILES string of the molecule is COc1ccc(C(O)c2c(Br)nc(Cl)n2-c2c(F)cccc2F)c(Cl)c1. The van der Waals surface area contributed by atoms with E-state index in [4.69, 9.17) is 27.9 Å². The normalized spacial score (nSPS) is 12.3. The highest BCUT2D eigenvalue weighted by Gasteiger charge is 2.28. The molecule has 1 atom stereocenters. The van der Waals surface area contributed by atoms with Gasteiger partial charge in [-0.15, -0.1) is 0 Å². The van der Waals surface area contributed by atoms with Crippen LogP contribution in [0.3, 0.4) is 0 Å². The van der Waals surface area contributed by atoms with E-state index in [1.807, 2.05) is 0 Å². The third-order valence-corrected chi connectivity index (χ3v) is 4.91. The lowest BCUT2D eigenvalue weighted by Crippen LogP contribution is -2.11. The van der Waals surface area contributed by atoms with Crippen molar-refractivity contribution in [3.05, 3.63) is 74.2 Å². The number of nitrogens with zero attached hydrogens (tertiary/aromatic N) is 2. The summed E-state index contributed by atoms with van der Waals surface area (Å²) in [7, 11) is 1.48. The molecule has 0 aliphatic carbocycles. The number of halogens is 5. The fourth-order valence-electron chi connectivity index (χ4n) is 2.53. The number of benzene rings is 2. The van der Waals surface area contributed by atoms with Crippen LogP contribution in [0.25, 0.3) is 5.69 Å². The van der Waals surface area contributed by atoms with Gasteiger partial charge in [-0.25, -0.2) is 13.8 Å². The second-order valence-electron chi connectivity index (χ2n) is 5.25. The van der Waals surface area contributed by atoms with Crippen molar-refractivity contribution in [1.29, 1.82) is 0 Å². The molecular weight excluding hydrogens is 453 g/mol. The number of hydrogen-bond acceptors (Lipinski definition) is 3. The van der Waals surface area contributed by atoms with E-state index >= 15 is 0 Å². The predicted molar refractivity (Wildman–Crippen MR) is 98.3 cm³/mol. The molecule has 0 aliphatic heterocycles. The van der Waals surface area contributed by atoms with Crippen LogP contribution in [0.4, 0.5) is 8.78 Å². The number of hydrogen-bond donors (Lipinski definition) is 1. The van der Waals surface area contributed by atoms with E-state index in [2.05, 4.69) is 20.9 Å². The van der Waals surface area contributed by atoms with Crippen LogP contribution >= 0.6 is 39.1 Å². The number of methoxy groups -OCH3 is 1. The molecule has 0 spiro atoms. The lowest BCUT2D eigenvalue weighted by molar-refractivity contribution is 0.212. The van der Waals surface area contributed by atoms with Gasteiger partial charge in [0, 0.05) is 5.56 Å². The molecule has 2 aromatic carbocycles. The minimum absolute atomic E-state index is 0.0334. The molecule has 1 unspecified atom stereocenters. The number of imidazole rings is 1. The molecule has 0 radical (unpaired) electrons. The van der Waals surface area contributed by atoms with Crippen molar-refractivity contribution in [3.8, 4) is 11.4 Å². The van der Waals surface area contributed by atoms with Gasteiger partial charge in [0.05, 0.1) is 17.8 Å². The van der Waals surface area contributed by atoms with Crippen LogP contribution in [0, 0.1) is 11.6 Å². The van der Waals surface area contributed by atoms with Crippen molar-refractivity contribution in [2.45, 2.75) is 6.10 Å². The van der Waals surface area contributed by atoms with E-state index < -0.39 is 23.4 Å². The molecule has 1 heterocycles. The molecule has 0 aliphatic rings. The number of aliphatic hydroxyl groups excluding tert-OH is 1. The summed E-state index contributed by atoms with van der Waals surface area (Å²) in [5, 5.41) is 10.8. The Kier molecular flexibility index (Phi) is 5.53. The van der Waals surface area contributed by atoms with Gasteiger partial charge in [0.15, 0.2) is 0 Å². The van der Waals surface area contributed by atoms with Crippen molar-refractivity contribution in [3.63, 3.8) is 0 Å². The molecule has 26 heavy (non-hydrogen) atoms. The van der Waals surface area contributed by atoms with Crippen LogP contribution in [0.2, 0.25) is 10.3 Å².